The lowest BCUT2D eigenvalue weighted by Gasteiger charge is -2.16. The first-order valence-corrected chi connectivity index (χ1v) is 7.65. The lowest BCUT2D eigenvalue weighted by atomic mass is 10.1. The molecule has 1 aliphatic carbocycles. The molecule has 0 aromatic heterocycles. The van der Waals surface area contributed by atoms with E-state index in [1.165, 1.54) is 37.8 Å². The molecule has 3 N–H and O–H groups in total. The molecule has 21 heavy (non-hydrogen) atoms. The number of rotatable bonds is 4. The second-order valence-electron chi connectivity index (χ2n) is 5.63. The number of hydrogen-bond acceptors (Lipinski definition) is 1. The first kappa shape index (κ1) is 15.7. The van der Waals surface area contributed by atoms with Crippen molar-refractivity contribution in [3.8, 4) is 0 Å². The molecule has 0 heterocycles. The Labute approximate surface area is 124 Å². The lowest BCUT2D eigenvalue weighted by Crippen LogP contribution is -2.40. The highest BCUT2D eigenvalue weighted by molar-refractivity contribution is 5.78. The summed E-state index contributed by atoms with van der Waals surface area (Å²) in [5.74, 6) is -0.684. The fraction of sp³-hybridized carbons (Fsp3) is 0.562. The van der Waals surface area contributed by atoms with E-state index in [2.05, 4.69) is 10.3 Å². The van der Waals surface area contributed by atoms with E-state index in [9.17, 15) is 8.78 Å². The van der Waals surface area contributed by atoms with Crippen LogP contribution in [-0.4, -0.2) is 18.5 Å². The zero-order valence-corrected chi connectivity index (χ0v) is 12.2. The molecule has 1 saturated carbocycles. The van der Waals surface area contributed by atoms with E-state index in [4.69, 9.17) is 5.73 Å². The maximum atomic E-state index is 13.0. The molecule has 3 nitrogen and oxygen atoms in total. The molecule has 1 aromatic rings. The highest BCUT2D eigenvalue weighted by Crippen LogP contribution is 2.16. The quantitative estimate of drug-likeness (QED) is 0.509. The summed E-state index contributed by atoms with van der Waals surface area (Å²) >= 11 is 0. The van der Waals surface area contributed by atoms with Crippen molar-refractivity contribution < 1.29 is 8.78 Å². The predicted molar refractivity (Wildman–Crippen MR) is 81.2 cm³/mol. The Hall–Kier alpha value is -1.65. The Kier molecular flexibility index (Phi) is 5.96. The van der Waals surface area contributed by atoms with E-state index in [-0.39, 0.29) is 0 Å². The van der Waals surface area contributed by atoms with Crippen LogP contribution in [0.25, 0.3) is 0 Å². The molecule has 0 atom stereocenters. The summed E-state index contributed by atoms with van der Waals surface area (Å²) in [7, 11) is 0. The molecule has 1 aromatic carbocycles. The summed E-state index contributed by atoms with van der Waals surface area (Å²) in [6.07, 6.45) is 7.78. The van der Waals surface area contributed by atoms with Crippen molar-refractivity contribution >= 4 is 5.96 Å². The third-order valence-corrected chi connectivity index (χ3v) is 3.81. The molecule has 0 spiro atoms. The van der Waals surface area contributed by atoms with Crippen LogP contribution in [0.4, 0.5) is 8.78 Å². The van der Waals surface area contributed by atoms with E-state index >= 15 is 0 Å². The first-order chi connectivity index (χ1) is 10.1. The normalized spacial score (nSPS) is 17.5. The van der Waals surface area contributed by atoms with Crippen LogP contribution >= 0.6 is 0 Å². The summed E-state index contributed by atoms with van der Waals surface area (Å²) in [6.45, 7) is 0.425. The molecule has 0 unspecified atom stereocenters. The molecule has 116 valence electrons. The standard InChI is InChI=1S/C16H23F2N3/c17-13-9-12(10-14(18)11-13)7-8-20-16(19)21-15-5-3-1-2-4-6-15/h9-11,15H,1-8H2,(H3,19,20,21). The van der Waals surface area contributed by atoms with Crippen molar-refractivity contribution in [3.63, 3.8) is 0 Å². The minimum absolute atomic E-state index is 0.405. The molecular weight excluding hydrogens is 272 g/mol. The van der Waals surface area contributed by atoms with Crippen molar-refractivity contribution in [3.05, 3.63) is 35.4 Å². The molecule has 1 fully saturated rings. The van der Waals surface area contributed by atoms with Crippen molar-refractivity contribution in [2.45, 2.75) is 51.0 Å². The summed E-state index contributed by atoms with van der Waals surface area (Å²) < 4.78 is 26.1. The fourth-order valence-corrected chi connectivity index (χ4v) is 2.74. The van der Waals surface area contributed by atoms with Crippen molar-refractivity contribution in [1.29, 1.82) is 0 Å². The second-order valence-corrected chi connectivity index (χ2v) is 5.63. The third-order valence-electron chi connectivity index (χ3n) is 3.81. The molecule has 0 amide bonds. The monoisotopic (exact) mass is 295 g/mol. The number of nitrogens with two attached hydrogens (primary N) is 1. The number of guanidine groups is 1. The molecule has 1 aliphatic rings. The van der Waals surface area contributed by atoms with Crippen LogP contribution in [0.3, 0.4) is 0 Å². The number of aliphatic imine (C=N–C) groups is 1. The highest BCUT2D eigenvalue weighted by Gasteiger charge is 2.12. The molecule has 5 heteroatoms. The van der Waals surface area contributed by atoms with Crippen LogP contribution in [0.5, 0.6) is 0 Å². The van der Waals surface area contributed by atoms with E-state index in [0.29, 0.717) is 30.5 Å². The van der Waals surface area contributed by atoms with Crippen LogP contribution in [0.15, 0.2) is 23.2 Å². The average molecular weight is 295 g/mol. The van der Waals surface area contributed by atoms with Gasteiger partial charge in [0.25, 0.3) is 0 Å². The van der Waals surface area contributed by atoms with Crippen LogP contribution < -0.4 is 11.1 Å². The van der Waals surface area contributed by atoms with Gasteiger partial charge in [-0.2, -0.15) is 0 Å². The third kappa shape index (κ3) is 5.69. The van der Waals surface area contributed by atoms with Gasteiger partial charge >= 0.3 is 0 Å². The van der Waals surface area contributed by atoms with Crippen molar-refractivity contribution in [2.24, 2.45) is 10.7 Å². The topological polar surface area (TPSA) is 50.4 Å². The number of benzene rings is 1. The van der Waals surface area contributed by atoms with Gasteiger partial charge in [-0.1, -0.05) is 25.7 Å². The van der Waals surface area contributed by atoms with E-state index < -0.39 is 11.6 Å². The Morgan fingerprint density at radius 2 is 1.71 bits per heavy atom. The van der Waals surface area contributed by atoms with Gasteiger partial charge in [0, 0.05) is 18.7 Å². The molecule has 2 rings (SSSR count). The van der Waals surface area contributed by atoms with E-state index in [1.54, 1.807) is 0 Å². The van der Waals surface area contributed by atoms with Crippen LogP contribution in [0.2, 0.25) is 0 Å². The number of nitrogens with zero attached hydrogens (tertiary/aromatic N) is 1. The number of hydrogen-bond donors (Lipinski definition) is 2. The summed E-state index contributed by atoms with van der Waals surface area (Å²) in [4.78, 5) is 4.24. The van der Waals surface area contributed by atoms with Crippen molar-refractivity contribution in [2.75, 3.05) is 6.54 Å². The Bertz CT molecular complexity index is 460. The summed E-state index contributed by atoms with van der Waals surface area (Å²) in [5, 5.41) is 3.25. The Morgan fingerprint density at radius 3 is 2.33 bits per heavy atom. The number of halogens is 2. The SMILES string of the molecule is NC(=NCCc1cc(F)cc(F)c1)NC1CCCCCC1. The predicted octanol–water partition coefficient (Wildman–Crippen LogP) is 3.13. The lowest BCUT2D eigenvalue weighted by molar-refractivity contribution is 0.530. The highest BCUT2D eigenvalue weighted by atomic mass is 19.1. The largest absolute Gasteiger partial charge is 0.370 e. The Balaban J connectivity index is 1.79. The Morgan fingerprint density at radius 1 is 1.10 bits per heavy atom. The molecule has 0 radical (unpaired) electrons. The summed E-state index contributed by atoms with van der Waals surface area (Å²) in [6, 6.07) is 3.93. The minimum atomic E-state index is -0.557. The van der Waals surface area contributed by atoms with Gasteiger partial charge in [0.15, 0.2) is 5.96 Å². The van der Waals surface area contributed by atoms with Gasteiger partial charge in [-0.05, 0) is 37.0 Å². The number of nitrogens with one attached hydrogen (secondary N) is 1. The van der Waals surface area contributed by atoms with Crippen LogP contribution in [-0.2, 0) is 6.42 Å². The van der Waals surface area contributed by atoms with Crippen LogP contribution in [0.1, 0.15) is 44.1 Å². The van der Waals surface area contributed by atoms with Crippen LogP contribution in [0, 0.1) is 11.6 Å². The summed E-state index contributed by atoms with van der Waals surface area (Å²) in [5.41, 5.74) is 6.47. The van der Waals surface area contributed by atoms with Gasteiger partial charge in [-0.3, -0.25) is 4.99 Å². The van der Waals surface area contributed by atoms with Gasteiger partial charge in [0.1, 0.15) is 11.6 Å². The van der Waals surface area contributed by atoms with Gasteiger partial charge in [-0.15, -0.1) is 0 Å². The van der Waals surface area contributed by atoms with Gasteiger partial charge < -0.3 is 11.1 Å². The zero-order chi connectivity index (χ0) is 15.1. The molecule has 0 saturated heterocycles. The minimum Gasteiger partial charge on any atom is -0.370 e. The maximum absolute atomic E-state index is 13.0. The zero-order valence-electron chi connectivity index (χ0n) is 12.2. The van der Waals surface area contributed by atoms with E-state index in [1.807, 2.05) is 0 Å². The molecule has 0 aliphatic heterocycles. The van der Waals surface area contributed by atoms with Gasteiger partial charge in [0.2, 0.25) is 0 Å². The first-order valence-electron chi connectivity index (χ1n) is 7.65. The van der Waals surface area contributed by atoms with Gasteiger partial charge in [0.05, 0.1) is 0 Å². The average Bonchev–Trinajstić information content (AvgIpc) is 2.66. The molecular formula is C16H23F2N3. The van der Waals surface area contributed by atoms with Crippen molar-refractivity contribution in [1.82, 2.24) is 5.32 Å². The second kappa shape index (κ2) is 7.96. The maximum Gasteiger partial charge on any atom is 0.188 e. The van der Waals surface area contributed by atoms with E-state index in [0.717, 1.165) is 18.9 Å². The molecule has 0 bridgehead atoms. The van der Waals surface area contributed by atoms with Gasteiger partial charge in [-0.25, -0.2) is 8.78 Å². The fourth-order valence-electron chi connectivity index (χ4n) is 2.74. The smallest absolute Gasteiger partial charge is 0.188 e.